The second kappa shape index (κ2) is 12.0. The molecule has 0 spiro atoms. The number of H-pyrrole nitrogens is 1. The summed E-state index contributed by atoms with van der Waals surface area (Å²) in [4.78, 5) is 37.7. The van der Waals surface area contributed by atoms with Crippen LogP contribution >= 0.6 is 19.3 Å². The molecule has 1 aliphatic rings. The number of rotatable bonds is 11. The lowest BCUT2D eigenvalue weighted by Crippen LogP contribution is -2.42. The van der Waals surface area contributed by atoms with Crippen molar-refractivity contribution in [3.63, 3.8) is 0 Å². The third-order valence-electron chi connectivity index (χ3n) is 5.24. The van der Waals surface area contributed by atoms with Gasteiger partial charge in [0.05, 0.1) is 19.8 Å². The van der Waals surface area contributed by atoms with E-state index in [1.165, 1.54) is 26.2 Å². The number of nitrogens with one attached hydrogen (secondary N) is 2. The smallest absolute Gasteiger partial charge is 0.459 e. The van der Waals surface area contributed by atoms with Crippen molar-refractivity contribution in [3.05, 3.63) is 57.4 Å². The highest BCUT2D eigenvalue weighted by Crippen LogP contribution is 2.50. The van der Waals surface area contributed by atoms with Gasteiger partial charge in [-0.2, -0.15) is 5.09 Å². The molecule has 2 heterocycles. The molecule has 3 rings (SSSR count). The quantitative estimate of drug-likeness (QED) is 0.202. The summed E-state index contributed by atoms with van der Waals surface area (Å²) in [6.45, 7) is 3.85. The Morgan fingerprint density at radius 1 is 1.29 bits per heavy atom. The predicted octanol–water partition coefficient (Wildman–Crippen LogP) is 1.84. The number of para-hydroxylation sites is 2. The number of ether oxygens (including phenoxy) is 3. The van der Waals surface area contributed by atoms with Gasteiger partial charge < -0.3 is 23.8 Å². The average Bonchev–Trinajstić information content (AvgIpc) is 3.06. The second-order valence-corrected chi connectivity index (χ2v) is 10.8. The van der Waals surface area contributed by atoms with Crippen LogP contribution in [0.2, 0.25) is 0 Å². The molecule has 0 radical (unpaired) electrons. The van der Waals surface area contributed by atoms with E-state index in [-0.39, 0.29) is 11.5 Å². The Balaban J connectivity index is 1.84. The summed E-state index contributed by atoms with van der Waals surface area (Å²) >= 11 is 5.88. The largest absolute Gasteiger partial charge is 0.493 e. The normalized spacial score (nSPS) is 25.5. The molecular weight excluding hydrogens is 552 g/mol. The standard InChI is InChI=1S/C22H28ClFN3O10P/c1-12(2)35-19(30)13(3)26-38(32,37-15-8-6-5-7-14(15)33-4)34-11-16-18(29)22(23,24)20(36-16)27-10-9-17(28)25-21(27)31/h5-10,12-13,16,18,20,29H,11H2,1-4H3,(H,26,32)(H,25,28,31). The van der Waals surface area contributed by atoms with E-state index >= 15 is 4.39 Å². The van der Waals surface area contributed by atoms with E-state index < -0.39 is 67.3 Å². The van der Waals surface area contributed by atoms with Gasteiger partial charge in [-0.1, -0.05) is 23.7 Å². The highest BCUT2D eigenvalue weighted by atomic mass is 35.5. The highest BCUT2D eigenvalue weighted by Gasteiger charge is 2.58. The lowest BCUT2D eigenvalue weighted by Gasteiger charge is -2.25. The lowest BCUT2D eigenvalue weighted by molar-refractivity contribution is -0.149. The first kappa shape index (κ1) is 29.8. The first-order valence-corrected chi connectivity index (χ1v) is 13.3. The number of aliphatic hydroxyl groups is 1. The van der Waals surface area contributed by atoms with Gasteiger partial charge in [0.15, 0.2) is 17.7 Å². The lowest BCUT2D eigenvalue weighted by atomic mass is 10.1. The van der Waals surface area contributed by atoms with Gasteiger partial charge in [0.25, 0.3) is 10.7 Å². The third kappa shape index (κ3) is 6.82. The van der Waals surface area contributed by atoms with E-state index in [2.05, 4.69) is 5.09 Å². The summed E-state index contributed by atoms with van der Waals surface area (Å²) in [7, 11) is -3.11. The van der Waals surface area contributed by atoms with Crippen LogP contribution in [0.4, 0.5) is 4.39 Å². The van der Waals surface area contributed by atoms with Crippen molar-refractivity contribution in [1.82, 2.24) is 14.6 Å². The molecule has 0 aliphatic carbocycles. The fourth-order valence-corrected chi connectivity index (χ4v) is 5.24. The van der Waals surface area contributed by atoms with Crippen LogP contribution in [0.15, 0.2) is 46.1 Å². The molecule has 1 fully saturated rings. The predicted molar refractivity (Wildman–Crippen MR) is 132 cm³/mol. The Labute approximate surface area is 221 Å². The molecule has 13 nitrogen and oxygen atoms in total. The third-order valence-corrected chi connectivity index (χ3v) is 7.28. The van der Waals surface area contributed by atoms with Crippen LogP contribution in [0, 0.1) is 0 Å². The summed E-state index contributed by atoms with van der Waals surface area (Å²) in [5.41, 5.74) is -1.78. The number of aliphatic hydroxyl groups excluding tert-OH is 1. The van der Waals surface area contributed by atoms with Crippen molar-refractivity contribution >= 4 is 25.3 Å². The van der Waals surface area contributed by atoms with Crippen molar-refractivity contribution in [1.29, 1.82) is 0 Å². The van der Waals surface area contributed by atoms with Gasteiger partial charge in [0, 0.05) is 12.3 Å². The first-order chi connectivity index (χ1) is 17.8. The maximum atomic E-state index is 15.3. The van der Waals surface area contributed by atoms with Crippen LogP contribution in [0.25, 0.3) is 0 Å². The van der Waals surface area contributed by atoms with Crippen LogP contribution in [0.3, 0.4) is 0 Å². The Bertz CT molecular complexity index is 1300. The SMILES string of the molecule is COc1ccccc1OP(=O)(NC(C)C(=O)OC(C)C)OCC1OC(n2ccc(=O)[nH]c2=O)C(F)(Cl)C1O. The van der Waals surface area contributed by atoms with Gasteiger partial charge in [-0.05, 0) is 32.9 Å². The summed E-state index contributed by atoms with van der Waals surface area (Å²) < 4.78 is 56.4. The van der Waals surface area contributed by atoms with Gasteiger partial charge >= 0.3 is 19.4 Å². The zero-order chi connectivity index (χ0) is 28.3. The molecule has 210 valence electrons. The van der Waals surface area contributed by atoms with Crippen molar-refractivity contribution in [3.8, 4) is 11.5 Å². The van der Waals surface area contributed by atoms with Gasteiger partial charge in [-0.25, -0.2) is 13.8 Å². The fraction of sp³-hybridized carbons (Fsp3) is 0.500. The number of halogens is 2. The molecule has 1 aromatic carbocycles. The highest BCUT2D eigenvalue weighted by molar-refractivity contribution is 7.52. The monoisotopic (exact) mass is 579 g/mol. The van der Waals surface area contributed by atoms with Gasteiger partial charge in [0.1, 0.15) is 18.2 Å². The number of hydrogen-bond acceptors (Lipinski definition) is 10. The second-order valence-electron chi connectivity index (χ2n) is 8.54. The topological polar surface area (TPSA) is 167 Å². The molecular formula is C22H28ClFN3O10P. The van der Waals surface area contributed by atoms with E-state index in [0.717, 1.165) is 12.3 Å². The van der Waals surface area contributed by atoms with E-state index in [9.17, 15) is 24.1 Å². The molecule has 3 N–H and O–H groups in total. The minimum absolute atomic E-state index is 0.0157. The van der Waals surface area contributed by atoms with Crippen LogP contribution in [-0.4, -0.2) is 63.8 Å². The van der Waals surface area contributed by atoms with Crippen LogP contribution in [-0.2, 0) is 23.4 Å². The zero-order valence-corrected chi connectivity index (χ0v) is 22.5. The minimum atomic E-state index is -4.47. The number of aromatic nitrogens is 2. The number of aromatic amines is 1. The Kier molecular flexibility index (Phi) is 9.39. The zero-order valence-electron chi connectivity index (χ0n) is 20.8. The number of alkyl halides is 2. The molecule has 2 aromatic rings. The van der Waals surface area contributed by atoms with Crippen molar-refractivity contribution in [2.24, 2.45) is 0 Å². The Hall–Kier alpha value is -2.74. The van der Waals surface area contributed by atoms with Crippen LogP contribution in [0.1, 0.15) is 27.0 Å². The molecule has 0 amide bonds. The Morgan fingerprint density at radius 3 is 2.55 bits per heavy atom. The number of esters is 1. The molecule has 16 heteroatoms. The van der Waals surface area contributed by atoms with E-state index in [1.807, 2.05) is 4.98 Å². The molecule has 1 aromatic heterocycles. The number of nitrogens with zero attached hydrogens (tertiary/aromatic N) is 1. The summed E-state index contributed by atoms with van der Waals surface area (Å²) in [5, 5.41) is 9.89. The van der Waals surface area contributed by atoms with Gasteiger partial charge in [-0.15, -0.1) is 0 Å². The minimum Gasteiger partial charge on any atom is -0.493 e. The molecule has 1 aliphatic heterocycles. The molecule has 1 saturated heterocycles. The molecule has 6 unspecified atom stereocenters. The summed E-state index contributed by atoms with van der Waals surface area (Å²) in [6.07, 6.45) is -5.03. The molecule has 6 atom stereocenters. The van der Waals surface area contributed by atoms with Gasteiger partial charge in [-0.3, -0.25) is 23.7 Å². The number of carbonyl (C=O) groups is 1. The molecule has 0 saturated carbocycles. The molecule has 0 bridgehead atoms. The first-order valence-electron chi connectivity index (χ1n) is 11.4. The van der Waals surface area contributed by atoms with Crippen molar-refractivity contribution in [2.45, 2.75) is 56.5 Å². The van der Waals surface area contributed by atoms with Gasteiger partial charge in [0.2, 0.25) is 0 Å². The van der Waals surface area contributed by atoms with Crippen molar-refractivity contribution in [2.75, 3.05) is 13.7 Å². The van der Waals surface area contributed by atoms with E-state index in [0.29, 0.717) is 4.57 Å². The van der Waals surface area contributed by atoms with Crippen LogP contribution < -0.4 is 25.6 Å². The average molecular weight is 580 g/mol. The van der Waals surface area contributed by atoms with Crippen LogP contribution in [0.5, 0.6) is 11.5 Å². The molecule has 38 heavy (non-hydrogen) atoms. The van der Waals surface area contributed by atoms with Crippen molar-refractivity contribution < 1.29 is 42.1 Å². The maximum absolute atomic E-state index is 15.3. The number of carbonyl (C=O) groups excluding carboxylic acids is 1. The number of hydrogen-bond donors (Lipinski definition) is 3. The maximum Gasteiger partial charge on any atom is 0.459 e. The number of benzene rings is 1. The number of methoxy groups -OCH3 is 1. The Morgan fingerprint density at radius 2 is 1.95 bits per heavy atom. The summed E-state index contributed by atoms with van der Waals surface area (Å²) in [5.74, 6) is -0.586. The van der Waals surface area contributed by atoms with E-state index in [4.69, 9.17) is 34.9 Å². The summed E-state index contributed by atoms with van der Waals surface area (Å²) in [6, 6.07) is 5.91. The van der Waals surface area contributed by atoms with E-state index in [1.54, 1.807) is 26.0 Å². The fourth-order valence-electron chi connectivity index (χ4n) is 3.43.